The van der Waals surface area contributed by atoms with Crippen LogP contribution in [-0.4, -0.2) is 29.3 Å². The molecule has 0 radical (unpaired) electrons. The molecular weight excluding hydrogens is 228 g/mol. The number of allylic oxidation sites excluding steroid dienone is 1. The Bertz CT molecular complexity index is 295. The van der Waals surface area contributed by atoms with Gasteiger partial charge in [-0.3, -0.25) is 4.48 Å². The molecule has 0 spiro atoms. The summed E-state index contributed by atoms with van der Waals surface area (Å²) in [6.07, 6.45) is 8.94. The lowest BCUT2D eigenvalue weighted by Gasteiger charge is -2.41. The van der Waals surface area contributed by atoms with Crippen molar-refractivity contribution < 1.29 is 4.48 Å². The van der Waals surface area contributed by atoms with E-state index in [4.69, 9.17) is 5.41 Å². The third-order valence-electron chi connectivity index (χ3n) is 3.20. The Labute approximate surface area is 110 Å². The minimum atomic E-state index is 0.938. The number of isothiocyanates is 1. The van der Waals surface area contributed by atoms with E-state index in [2.05, 4.69) is 32.0 Å². The molecule has 1 saturated heterocycles. The van der Waals surface area contributed by atoms with Gasteiger partial charge < -0.3 is 5.41 Å². The van der Waals surface area contributed by atoms with Crippen molar-refractivity contribution in [2.24, 2.45) is 0 Å². The summed E-state index contributed by atoms with van der Waals surface area (Å²) < 4.78 is 1.05. The molecule has 3 heteroatoms. The van der Waals surface area contributed by atoms with Gasteiger partial charge in [0, 0.05) is 6.42 Å². The highest BCUT2D eigenvalue weighted by atomic mass is 32.1. The van der Waals surface area contributed by atoms with E-state index in [-0.39, 0.29) is 0 Å². The van der Waals surface area contributed by atoms with Gasteiger partial charge >= 0.3 is 0 Å². The maximum Gasteiger partial charge on any atom is 0.106 e. The largest absolute Gasteiger partial charge is 0.753 e. The van der Waals surface area contributed by atoms with E-state index in [9.17, 15) is 0 Å². The van der Waals surface area contributed by atoms with Gasteiger partial charge in [-0.15, -0.1) is 6.58 Å². The topological polar surface area (TPSA) is 22.3 Å². The highest BCUT2D eigenvalue weighted by molar-refractivity contribution is 7.78. The van der Waals surface area contributed by atoms with Crippen molar-refractivity contribution >= 4 is 17.4 Å². The predicted molar refractivity (Wildman–Crippen MR) is 78.8 cm³/mol. The van der Waals surface area contributed by atoms with Gasteiger partial charge in [0.25, 0.3) is 0 Å². The van der Waals surface area contributed by atoms with Crippen molar-refractivity contribution in [2.75, 3.05) is 19.6 Å². The average molecular weight is 250 g/mol. The zero-order valence-corrected chi connectivity index (χ0v) is 11.3. The third kappa shape index (κ3) is 5.22. The maximum absolute atomic E-state index is 7.13. The lowest BCUT2D eigenvalue weighted by atomic mass is 10.0. The number of thiocarbonyl (C=S) groups is 1. The summed E-state index contributed by atoms with van der Waals surface area (Å²) in [7, 11) is 0. The van der Waals surface area contributed by atoms with Gasteiger partial charge in [-0.25, -0.2) is 0 Å². The van der Waals surface area contributed by atoms with Crippen LogP contribution in [0.3, 0.4) is 0 Å². The summed E-state index contributed by atoms with van der Waals surface area (Å²) >= 11 is 3.70. The number of hydrogen-bond acceptors (Lipinski definition) is 1. The minimum Gasteiger partial charge on any atom is -0.753 e. The molecule has 0 bridgehead atoms. The van der Waals surface area contributed by atoms with Gasteiger partial charge in [-0.2, -0.15) is 5.16 Å². The fraction of sp³-hybridized carbons (Fsp3) is 0.500. The summed E-state index contributed by atoms with van der Waals surface area (Å²) in [5.74, 6) is 0. The van der Waals surface area contributed by atoms with Crippen LogP contribution in [0.25, 0.3) is 5.41 Å². The fourth-order valence-electron chi connectivity index (χ4n) is 2.35. The molecule has 0 atom stereocenters. The molecule has 0 aromatic carbocycles. The SMILES string of the molecule is C=CCC(=C)[N+]1(CC=C)CCCCC1.[N-]=C=S. The van der Waals surface area contributed by atoms with Gasteiger partial charge in [0.2, 0.25) is 0 Å². The number of likely N-dealkylation sites (tertiary alicyclic amines) is 1. The number of quaternary nitrogens is 1. The first-order chi connectivity index (χ1) is 8.16. The molecule has 0 unspecified atom stereocenters. The Hall–Kier alpha value is -1.02. The fourth-order valence-corrected chi connectivity index (χ4v) is 2.35. The van der Waals surface area contributed by atoms with E-state index in [1.54, 1.807) is 0 Å². The molecule has 1 fully saturated rings. The smallest absolute Gasteiger partial charge is 0.106 e. The normalized spacial score (nSPS) is 16.9. The molecule has 0 saturated carbocycles. The Morgan fingerprint density at radius 2 is 1.76 bits per heavy atom. The molecule has 17 heavy (non-hydrogen) atoms. The van der Waals surface area contributed by atoms with E-state index in [1.807, 2.05) is 12.2 Å². The maximum atomic E-state index is 7.13. The molecule has 2 nitrogen and oxygen atoms in total. The van der Waals surface area contributed by atoms with Crippen molar-refractivity contribution in [3.63, 3.8) is 0 Å². The molecule has 0 aliphatic carbocycles. The van der Waals surface area contributed by atoms with Crippen LogP contribution in [0.15, 0.2) is 37.6 Å². The summed E-state index contributed by atoms with van der Waals surface area (Å²) in [4.78, 5) is 0. The van der Waals surface area contributed by atoms with Crippen molar-refractivity contribution in [3.8, 4) is 0 Å². The van der Waals surface area contributed by atoms with Crippen molar-refractivity contribution in [2.45, 2.75) is 25.7 Å². The van der Waals surface area contributed by atoms with E-state index >= 15 is 0 Å². The summed E-state index contributed by atoms with van der Waals surface area (Å²) in [6.45, 7) is 15.4. The second-order valence-electron chi connectivity index (χ2n) is 4.27. The Morgan fingerprint density at radius 3 is 2.18 bits per heavy atom. The molecule has 1 aliphatic rings. The molecule has 1 heterocycles. The Balaban J connectivity index is 0.000000770. The molecule has 0 aromatic heterocycles. The van der Waals surface area contributed by atoms with Crippen molar-refractivity contribution in [3.05, 3.63) is 43.0 Å². The van der Waals surface area contributed by atoms with Crippen molar-refractivity contribution in [1.29, 1.82) is 0 Å². The van der Waals surface area contributed by atoms with E-state index in [0.29, 0.717) is 0 Å². The van der Waals surface area contributed by atoms with E-state index < -0.39 is 0 Å². The zero-order chi connectivity index (χ0) is 13.1. The van der Waals surface area contributed by atoms with Crippen LogP contribution >= 0.6 is 12.2 Å². The number of nitrogens with zero attached hydrogens (tertiary/aromatic N) is 2. The van der Waals surface area contributed by atoms with Crippen molar-refractivity contribution in [1.82, 2.24) is 0 Å². The summed E-state index contributed by atoms with van der Waals surface area (Å²) in [6, 6.07) is 0. The Kier molecular flexibility index (Phi) is 8.51. The first kappa shape index (κ1) is 16.0. The first-order valence-corrected chi connectivity index (χ1v) is 6.35. The molecule has 0 N–H and O–H groups in total. The molecular formula is C14H22N2S. The Morgan fingerprint density at radius 1 is 1.24 bits per heavy atom. The summed E-state index contributed by atoms with van der Waals surface area (Å²) in [5.41, 5.74) is 1.31. The molecule has 0 aromatic rings. The van der Waals surface area contributed by atoms with E-state index in [1.165, 1.54) is 43.2 Å². The minimum absolute atomic E-state index is 0.938. The number of rotatable bonds is 5. The molecule has 1 rings (SSSR count). The van der Waals surface area contributed by atoms with Crippen LogP contribution in [0.1, 0.15) is 25.7 Å². The zero-order valence-electron chi connectivity index (χ0n) is 10.5. The highest BCUT2D eigenvalue weighted by Crippen LogP contribution is 2.26. The monoisotopic (exact) mass is 250 g/mol. The standard InChI is InChI=1S/C13H22N.CNS/c1-4-9-13(3)14(10-5-2)11-7-6-8-12-14;2-1-3/h4-5H,1-3,6-12H2;/q+1;-1. The van der Waals surface area contributed by atoms with Gasteiger partial charge in [-0.1, -0.05) is 24.9 Å². The van der Waals surface area contributed by atoms with Gasteiger partial charge in [-0.05, 0) is 31.9 Å². The molecule has 0 amide bonds. The van der Waals surface area contributed by atoms with E-state index in [0.717, 1.165) is 17.4 Å². The third-order valence-corrected chi connectivity index (χ3v) is 3.20. The van der Waals surface area contributed by atoms with Crippen LogP contribution in [0.4, 0.5) is 0 Å². The second-order valence-corrected chi connectivity index (χ2v) is 4.46. The first-order valence-electron chi connectivity index (χ1n) is 5.94. The second kappa shape index (κ2) is 9.06. The van der Waals surface area contributed by atoms with Gasteiger partial charge in [0.15, 0.2) is 0 Å². The molecule has 94 valence electrons. The van der Waals surface area contributed by atoms with Gasteiger partial charge in [0.1, 0.15) is 12.2 Å². The van der Waals surface area contributed by atoms with Crippen LogP contribution in [0, 0.1) is 0 Å². The lowest BCUT2D eigenvalue weighted by molar-refractivity contribution is -0.891. The lowest BCUT2D eigenvalue weighted by Crippen LogP contribution is -2.50. The van der Waals surface area contributed by atoms with Crippen LogP contribution in [0.2, 0.25) is 0 Å². The molecule has 1 aliphatic heterocycles. The van der Waals surface area contributed by atoms with Crippen LogP contribution in [-0.2, 0) is 0 Å². The highest BCUT2D eigenvalue weighted by Gasteiger charge is 2.31. The quantitative estimate of drug-likeness (QED) is 0.314. The van der Waals surface area contributed by atoms with Crippen LogP contribution < -0.4 is 0 Å². The number of piperidine rings is 1. The average Bonchev–Trinajstić information content (AvgIpc) is 2.32. The number of hydrogen-bond donors (Lipinski definition) is 0. The van der Waals surface area contributed by atoms with Gasteiger partial charge in [0.05, 0.1) is 13.1 Å². The van der Waals surface area contributed by atoms with Crippen LogP contribution in [0.5, 0.6) is 0 Å². The predicted octanol–water partition coefficient (Wildman–Crippen LogP) is 3.92. The summed E-state index contributed by atoms with van der Waals surface area (Å²) in [5, 5.41) is 8.47.